The SMILES string of the molecule is CC(=O)N[C@@H](C)CO[C@H]1C[C@H](COc2nccc(N3CCC(F)(F)CC3)c2Cl)C1. The quantitative estimate of drug-likeness (QED) is 0.680. The van der Waals surface area contributed by atoms with Crippen LogP contribution in [0.1, 0.15) is 39.5 Å². The van der Waals surface area contributed by atoms with Crippen molar-refractivity contribution in [3.8, 4) is 5.88 Å². The van der Waals surface area contributed by atoms with E-state index in [1.54, 1.807) is 12.3 Å². The number of rotatable bonds is 8. The molecule has 0 radical (unpaired) electrons. The van der Waals surface area contributed by atoms with Crippen molar-refractivity contribution < 1.29 is 23.0 Å². The Morgan fingerprint density at radius 3 is 2.76 bits per heavy atom. The number of anilines is 1. The lowest BCUT2D eigenvalue weighted by Gasteiger charge is -2.36. The third-order valence-corrected chi connectivity index (χ3v) is 5.71. The molecule has 1 amide bonds. The van der Waals surface area contributed by atoms with E-state index in [1.165, 1.54) is 6.92 Å². The average Bonchev–Trinajstić information content (AvgIpc) is 2.61. The van der Waals surface area contributed by atoms with Gasteiger partial charge < -0.3 is 19.7 Å². The molecule has 0 aromatic carbocycles. The molecule has 1 saturated heterocycles. The number of hydrogen-bond donors (Lipinski definition) is 1. The number of ether oxygens (including phenoxy) is 2. The Morgan fingerprint density at radius 2 is 2.10 bits per heavy atom. The van der Waals surface area contributed by atoms with E-state index in [-0.39, 0.29) is 44.0 Å². The van der Waals surface area contributed by atoms with Crippen LogP contribution in [0.3, 0.4) is 0 Å². The van der Waals surface area contributed by atoms with E-state index >= 15 is 0 Å². The molecule has 2 fully saturated rings. The Kier molecular flexibility index (Phi) is 7.16. The van der Waals surface area contributed by atoms with Crippen molar-refractivity contribution in [3.63, 3.8) is 0 Å². The van der Waals surface area contributed by atoms with Gasteiger partial charge in [-0.1, -0.05) is 11.6 Å². The van der Waals surface area contributed by atoms with Gasteiger partial charge in [-0.05, 0) is 31.7 Å². The van der Waals surface area contributed by atoms with Gasteiger partial charge in [-0.15, -0.1) is 0 Å². The van der Waals surface area contributed by atoms with E-state index in [2.05, 4.69) is 10.3 Å². The zero-order valence-corrected chi connectivity index (χ0v) is 17.6. The van der Waals surface area contributed by atoms with Crippen molar-refractivity contribution in [2.24, 2.45) is 5.92 Å². The lowest BCUT2D eigenvalue weighted by atomic mass is 9.83. The fraction of sp³-hybridized carbons (Fsp3) is 0.700. The van der Waals surface area contributed by atoms with Crippen LogP contribution in [-0.2, 0) is 9.53 Å². The van der Waals surface area contributed by atoms with Gasteiger partial charge in [-0.25, -0.2) is 13.8 Å². The van der Waals surface area contributed by atoms with Crippen molar-refractivity contribution in [1.82, 2.24) is 10.3 Å². The highest BCUT2D eigenvalue weighted by atomic mass is 35.5. The number of carbonyl (C=O) groups excluding carboxylic acids is 1. The zero-order valence-electron chi connectivity index (χ0n) is 16.8. The van der Waals surface area contributed by atoms with Gasteiger partial charge in [0.05, 0.1) is 25.0 Å². The van der Waals surface area contributed by atoms with E-state index in [9.17, 15) is 13.6 Å². The summed E-state index contributed by atoms with van der Waals surface area (Å²) in [6, 6.07) is 1.73. The molecule has 1 saturated carbocycles. The predicted molar refractivity (Wildman–Crippen MR) is 107 cm³/mol. The van der Waals surface area contributed by atoms with Crippen LogP contribution in [-0.4, -0.2) is 55.3 Å². The van der Waals surface area contributed by atoms with Gasteiger partial charge in [0.1, 0.15) is 5.02 Å². The molecule has 3 rings (SSSR count). The van der Waals surface area contributed by atoms with Crippen molar-refractivity contribution in [2.45, 2.75) is 57.6 Å². The second-order valence-corrected chi connectivity index (χ2v) is 8.38. The highest BCUT2D eigenvalue weighted by Crippen LogP contribution is 2.38. The highest BCUT2D eigenvalue weighted by Gasteiger charge is 2.35. The van der Waals surface area contributed by atoms with Crippen LogP contribution in [0.2, 0.25) is 5.02 Å². The Morgan fingerprint density at radius 1 is 1.41 bits per heavy atom. The van der Waals surface area contributed by atoms with Gasteiger partial charge in [-0.2, -0.15) is 0 Å². The minimum atomic E-state index is -2.60. The van der Waals surface area contributed by atoms with Crippen LogP contribution in [0.25, 0.3) is 0 Å². The summed E-state index contributed by atoms with van der Waals surface area (Å²) >= 11 is 6.44. The average molecular weight is 432 g/mol. The van der Waals surface area contributed by atoms with Crippen LogP contribution >= 0.6 is 11.6 Å². The normalized spacial score (nSPS) is 24.5. The first-order valence-corrected chi connectivity index (χ1v) is 10.4. The van der Waals surface area contributed by atoms with Gasteiger partial charge in [0.15, 0.2) is 0 Å². The lowest BCUT2D eigenvalue weighted by molar-refractivity contribution is -0.120. The summed E-state index contributed by atoms with van der Waals surface area (Å²) in [5, 5.41) is 3.16. The standard InChI is InChI=1S/C20H28ClF2N3O3/c1-13(25-14(2)27)11-28-16-9-15(10-16)12-29-19-18(21)17(3-6-24-19)26-7-4-20(22,23)5-8-26/h3,6,13,15-16H,4-5,7-12H2,1-2H3,(H,25,27)/t13-,15-,16-/m0/s1. The molecule has 1 aliphatic heterocycles. The summed E-state index contributed by atoms with van der Waals surface area (Å²) in [5.41, 5.74) is 0.689. The maximum atomic E-state index is 13.4. The zero-order chi connectivity index (χ0) is 21.0. The van der Waals surface area contributed by atoms with Crippen molar-refractivity contribution in [2.75, 3.05) is 31.2 Å². The van der Waals surface area contributed by atoms with Crippen molar-refractivity contribution >= 4 is 23.2 Å². The van der Waals surface area contributed by atoms with Gasteiger partial charge in [0.25, 0.3) is 5.92 Å². The number of aromatic nitrogens is 1. The summed E-state index contributed by atoms with van der Waals surface area (Å²) in [5.74, 6) is -1.97. The molecule has 2 aliphatic rings. The maximum absolute atomic E-state index is 13.4. The lowest BCUT2D eigenvalue weighted by Crippen LogP contribution is -2.40. The number of nitrogens with one attached hydrogen (secondary N) is 1. The molecule has 1 aliphatic carbocycles. The minimum Gasteiger partial charge on any atom is -0.476 e. The molecular weight excluding hydrogens is 404 g/mol. The molecule has 1 aromatic rings. The molecule has 162 valence electrons. The van der Waals surface area contributed by atoms with Gasteiger partial charge in [0.2, 0.25) is 11.8 Å². The van der Waals surface area contributed by atoms with Crippen LogP contribution < -0.4 is 15.0 Å². The molecule has 6 nitrogen and oxygen atoms in total. The number of amides is 1. The topological polar surface area (TPSA) is 63.7 Å². The van der Waals surface area contributed by atoms with Crippen molar-refractivity contribution in [3.05, 3.63) is 17.3 Å². The first kappa shape index (κ1) is 22.0. The number of piperidine rings is 1. The van der Waals surface area contributed by atoms with Crippen LogP contribution in [0, 0.1) is 5.92 Å². The minimum absolute atomic E-state index is 0.0108. The van der Waals surface area contributed by atoms with Gasteiger partial charge in [0, 0.05) is 45.1 Å². The van der Waals surface area contributed by atoms with Gasteiger partial charge in [-0.3, -0.25) is 4.79 Å². The molecule has 0 bridgehead atoms. The molecule has 1 N–H and O–H groups in total. The molecule has 2 heterocycles. The van der Waals surface area contributed by atoms with Crippen LogP contribution in [0.4, 0.5) is 14.5 Å². The fourth-order valence-electron chi connectivity index (χ4n) is 3.65. The summed E-state index contributed by atoms with van der Waals surface area (Å²) in [7, 11) is 0. The Hall–Kier alpha value is -1.67. The first-order valence-electron chi connectivity index (χ1n) is 10.0. The highest BCUT2D eigenvalue weighted by molar-refractivity contribution is 6.34. The van der Waals surface area contributed by atoms with Gasteiger partial charge >= 0.3 is 0 Å². The molecule has 0 spiro atoms. The number of carbonyl (C=O) groups is 1. The molecule has 1 aromatic heterocycles. The molecule has 0 unspecified atom stereocenters. The van der Waals surface area contributed by atoms with E-state index in [1.807, 2.05) is 11.8 Å². The summed E-state index contributed by atoms with van der Waals surface area (Å²) in [4.78, 5) is 17.1. The van der Waals surface area contributed by atoms with Crippen LogP contribution in [0.15, 0.2) is 12.3 Å². The second-order valence-electron chi connectivity index (χ2n) is 8.00. The van der Waals surface area contributed by atoms with E-state index in [0.717, 1.165) is 12.8 Å². The Bertz CT molecular complexity index is 706. The molecule has 9 heteroatoms. The van der Waals surface area contributed by atoms with E-state index in [4.69, 9.17) is 21.1 Å². The third-order valence-electron chi connectivity index (χ3n) is 5.35. The molecule has 29 heavy (non-hydrogen) atoms. The summed E-state index contributed by atoms with van der Waals surface area (Å²) in [6.45, 7) is 4.88. The number of alkyl halides is 2. The smallest absolute Gasteiger partial charge is 0.251 e. The third kappa shape index (κ3) is 6.15. The second kappa shape index (κ2) is 9.43. The summed E-state index contributed by atoms with van der Waals surface area (Å²) < 4.78 is 38.4. The Labute approximate surface area is 174 Å². The number of hydrogen-bond acceptors (Lipinski definition) is 5. The number of pyridine rings is 1. The molecular formula is C20H28ClF2N3O3. The molecule has 1 atom stereocenters. The predicted octanol–water partition coefficient (Wildman–Crippen LogP) is 3.67. The maximum Gasteiger partial charge on any atom is 0.251 e. The van der Waals surface area contributed by atoms with E-state index < -0.39 is 5.92 Å². The largest absolute Gasteiger partial charge is 0.476 e. The fourth-order valence-corrected chi connectivity index (χ4v) is 3.93. The van der Waals surface area contributed by atoms with Crippen molar-refractivity contribution in [1.29, 1.82) is 0 Å². The first-order chi connectivity index (χ1) is 13.7. The monoisotopic (exact) mass is 431 g/mol. The van der Waals surface area contributed by atoms with Crippen LogP contribution in [0.5, 0.6) is 5.88 Å². The number of halogens is 3. The van der Waals surface area contributed by atoms with E-state index in [0.29, 0.717) is 35.7 Å². The number of nitrogens with zero attached hydrogens (tertiary/aromatic N) is 2. The summed E-state index contributed by atoms with van der Waals surface area (Å²) in [6.07, 6.45) is 3.18. The Balaban J connectivity index is 1.42.